The Morgan fingerprint density at radius 2 is 1.94 bits per heavy atom. The number of carbonyl (C=O) groups excluding carboxylic acids is 1. The van der Waals surface area contributed by atoms with Crippen LogP contribution < -0.4 is 0 Å². The molecule has 5 heteroatoms. The van der Waals surface area contributed by atoms with Crippen molar-refractivity contribution in [3.8, 4) is 0 Å². The smallest absolute Gasteiger partial charge is 0.323 e. The molecule has 0 saturated carbocycles. The van der Waals surface area contributed by atoms with E-state index < -0.39 is 11.6 Å². The van der Waals surface area contributed by atoms with E-state index in [1.54, 1.807) is 13.8 Å². The van der Waals surface area contributed by atoms with Gasteiger partial charge in [-0.2, -0.15) is 0 Å². The van der Waals surface area contributed by atoms with Crippen molar-refractivity contribution < 1.29 is 19.4 Å². The van der Waals surface area contributed by atoms with Gasteiger partial charge in [-0.05, 0) is 27.2 Å². The van der Waals surface area contributed by atoms with E-state index in [2.05, 4.69) is 0 Å². The Labute approximate surface area is 96.4 Å². The second-order valence-corrected chi connectivity index (χ2v) is 4.30. The van der Waals surface area contributed by atoms with Gasteiger partial charge in [-0.1, -0.05) is 6.92 Å². The van der Waals surface area contributed by atoms with Crippen molar-refractivity contribution in [1.82, 2.24) is 4.90 Å². The molecule has 0 aromatic carbocycles. The van der Waals surface area contributed by atoms with E-state index >= 15 is 0 Å². The lowest BCUT2D eigenvalue weighted by Crippen LogP contribution is -2.51. The number of carboxylic acid groups (broad SMARTS) is 1. The fourth-order valence-electron chi connectivity index (χ4n) is 1.23. The molecule has 94 valence electrons. The molecule has 0 radical (unpaired) electrons. The number of carboxylic acids is 1. The molecule has 0 heterocycles. The van der Waals surface area contributed by atoms with Gasteiger partial charge in [0.05, 0.1) is 0 Å². The van der Waals surface area contributed by atoms with E-state index in [9.17, 15) is 9.59 Å². The van der Waals surface area contributed by atoms with Crippen LogP contribution in [0, 0.1) is 0 Å². The zero-order valence-corrected chi connectivity index (χ0v) is 10.6. The van der Waals surface area contributed by atoms with Crippen LogP contribution in [0.5, 0.6) is 0 Å². The first-order valence-electron chi connectivity index (χ1n) is 5.34. The lowest BCUT2D eigenvalue weighted by Gasteiger charge is -2.33. The van der Waals surface area contributed by atoms with Gasteiger partial charge in [0.2, 0.25) is 0 Å². The van der Waals surface area contributed by atoms with Gasteiger partial charge in [-0.25, -0.2) is 0 Å². The van der Waals surface area contributed by atoms with Crippen LogP contribution in [-0.4, -0.2) is 47.2 Å². The van der Waals surface area contributed by atoms with E-state index in [4.69, 9.17) is 9.84 Å². The standard InChI is InChI=1S/C11H21NO4/c1-6-8(2)12(7-9(13)14)10(15)11(3,4)16-5/h8H,6-7H2,1-5H3,(H,13,14). The van der Waals surface area contributed by atoms with Gasteiger partial charge in [0.25, 0.3) is 5.91 Å². The summed E-state index contributed by atoms with van der Waals surface area (Å²) in [7, 11) is 1.44. The molecule has 5 nitrogen and oxygen atoms in total. The summed E-state index contributed by atoms with van der Waals surface area (Å²) in [5.41, 5.74) is -0.987. The van der Waals surface area contributed by atoms with Crippen LogP contribution in [0.1, 0.15) is 34.1 Å². The molecule has 16 heavy (non-hydrogen) atoms. The largest absolute Gasteiger partial charge is 0.480 e. The summed E-state index contributed by atoms with van der Waals surface area (Å²) in [6.45, 7) is 6.71. The van der Waals surface area contributed by atoms with E-state index in [1.807, 2.05) is 13.8 Å². The number of amides is 1. The molecule has 1 amide bonds. The van der Waals surface area contributed by atoms with Crippen molar-refractivity contribution in [2.24, 2.45) is 0 Å². The molecule has 0 rings (SSSR count). The van der Waals surface area contributed by atoms with Crippen molar-refractivity contribution in [3.05, 3.63) is 0 Å². The highest BCUT2D eigenvalue weighted by Gasteiger charge is 2.34. The van der Waals surface area contributed by atoms with Crippen LogP contribution in [0.15, 0.2) is 0 Å². The topological polar surface area (TPSA) is 66.8 Å². The monoisotopic (exact) mass is 231 g/mol. The number of methoxy groups -OCH3 is 1. The van der Waals surface area contributed by atoms with E-state index in [0.717, 1.165) is 0 Å². The third-order valence-electron chi connectivity index (χ3n) is 2.71. The predicted molar refractivity (Wildman–Crippen MR) is 60.2 cm³/mol. The first-order valence-corrected chi connectivity index (χ1v) is 5.34. The van der Waals surface area contributed by atoms with Crippen molar-refractivity contribution in [2.75, 3.05) is 13.7 Å². The Bertz CT molecular complexity index is 263. The SMILES string of the molecule is CCC(C)N(CC(=O)O)C(=O)C(C)(C)OC. The van der Waals surface area contributed by atoms with Gasteiger partial charge in [0.1, 0.15) is 12.1 Å². The van der Waals surface area contributed by atoms with E-state index in [-0.39, 0.29) is 18.5 Å². The highest BCUT2D eigenvalue weighted by molar-refractivity contribution is 5.87. The predicted octanol–water partition coefficient (Wildman–Crippen LogP) is 1.12. The molecule has 0 aromatic heterocycles. The molecule has 0 bridgehead atoms. The number of hydrogen-bond donors (Lipinski definition) is 1. The molecule has 0 spiro atoms. The summed E-state index contributed by atoms with van der Waals surface area (Å²) >= 11 is 0. The van der Waals surface area contributed by atoms with Crippen molar-refractivity contribution in [3.63, 3.8) is 0 Å². The number of ether oxygens (including phenoxy) is 1. The maximum absolute atomic E-state index is 12.1. The molecular formula is C11H21NO4. The minimum atomic E-state index is -1.01. The summed E-state index contributed by atoms with van der Waals surface area (Å²) in [4.78, 5) is 24.1. The number of rotatable bonds is 6. The summed E-state index contributed by atoms with van der Waals surface area (Å²) < 4.78 is 5.07. The first-order chi connectivity index (χ1) is 7.26. The normalized spacial score (nSPS) is 13.3. The zero-order chi connectivity index (χ0) is 12.9. The minimum absolute atomic E-state index is 0.113. The van der Waals surface area contributed by atoms with Gasteiger partial charge in [-0.3, -0.25) is 9.59 Å². The summed E-state index contributed by atoms with van der Waals surface area (Å²) in [6.07, 6.45) is 0.707. The molecule has 0 aliphatic carbocycles. The fraction of sp³-hybridized carbons (Fsp3) is 0.818. The lowest BCUT2D eigenvalue weighted by atomic mass is 10.1. The summed E-state index contributed by atoms with van der Waals surface area (Å²) in [5, 5.41) is 8.78. The third-order valence-corrected chi connectivity index (χ3v) is 2.71. The summed E-state index contributed by atoms with van der Waals surface area (Å²) in [5.74, 6) is -1.31. The molecule has 0 aliphatic heterocycles. The molecule has 1 N–H and O–H groups in total. The average molecular weight is 231 g/mol. The van der Waals surface area contributed by atoms with E-state index in [0.29, 0.717) is 6.42 Å². The Morgan fingerprint density at radius 3 is 2.25 bits per heavy atom. The van der Waals surface area contributed by atoms with Crippen molar-refractivity contribution >= 4 is 11.9 Å². The number of nitrogens with zero attached hydrogens (tertiary/aromatic N) is 1. The number of aliphatic carboxylic acids is 1. The molecule has 0 saturated heterocycles. The van der Waals surface area contributed by atoms with Crippen LogP contribution in [0.25, 0.3) is 0 Å². The van der Waals surface area contributed by atoms with Crippen molar-refractivity contribution in [2.45, 2.75) is 45.8 Å². The molecular weight excluding hydrogens is 210 g/mol. The third kappa shape index (κ3) is 3.81. The average Bonchev–Trinajstić information content (AvgIpc) is 2.23. The number of carbonyl (C=O) groups is 2. The maximum atomic E-state index is 12.1. The van der Waals surface area contributed by atoms with E-state index in [1.165, 1.54) is 12.0 Å². The molecule has 0 aromatic rings. The molecule has 0 aliphatic rings. The second-order valence-electron chi connectivity index (χ2n) is 4.30. The summed E-state index contributed by atoms with van der Waals surface area (Å²) in [6, 6.07) is -0.113. The van der Waals surface area contributed by atoms with Gasteiger partial charge in [-0.15, -0.1) is 0 Å². The number of hydrogen-bond acceptors (Lipinski definition) is 3. The van der Waals surface area contributed by atoms with Crippen LogP contribution in [0.2, 0.25) is 0 Å². The first kappa shape index (κ1) is 14.9. The Kier molecular flexibility index (Phi) is 5.44. The Morgan fingerprint density at radius 1 is 1.44 bits per heavy atom. The second kappa shape index (κ2) is 5.84. The van der Waals surface area contributed by atoms with Gasteiger partial charge in [0, 0.05) is 13.2 Å². The highest BCUT2D eigenvalue weighted by Crippen LogP contribution is 2.15. The highest BCUT2D eigenvalue weighted by atomic mass is 16.5. The van der Waals surface area contributed by atoms with Crippen LogP contribution >= 0.6 is 0 Å². The lowest BCUT2D eigenvalue weighted by molar-refractivity contribution is -0.158. The van der Waals surface area contributed by atoms with Gasteiger partial charge < -0.3 is 14.7 Å². The quantitative estimate of drug-likeness (QED) is 0.744. The van der Waals surface area contributed by atoms with Gasteiger partial charge >= 0.3 is 5.97 Å². The van der Waals surface area contributed by atoms with Crippen LogP contribution in [0.4, 0.5) is 0 Å². The Hall–Kier alpha value is -1.10. The zero-order valence-electron chi connectivity index (χ0n) is 10.6. The molecule has 1 unspecified atom stereocenters. The van der Waals surface area contributed by atoms with Gasteiger partial charge in [0.15, 0.2) is 0 Å². The van der Waals surface area contributed by atoms with Crippen molar-refractivity contribution in [1.29, 1.82) is 0 Å². The Balaban J connectivity index is 4.89. The van der Waals surface area contributed by atoms with Crippen LogP contribution in [0.3, 0.4) is 0 Å². The van der Waals surface area contributed by atoms with Crippen LogP contribution in [-0.2, 0) is 14.3 Å². The molecule has 0 fully saturated rings. The molecule has 1 atom stereocenters. The minimum Gasteiger partial charge on any atom is -0.480 e. The maximum Gasteiger partial charge on any atom is 0.323 e. The fourth-order valence-corrected chi connectivity index (χ4v) is 1.23.